The number of ether oxygens (including phenoxy) is 1. The van der Waals surface area contributed by atoms with Gasteiger partial charge in [0, 0.05) is 25.7 Å². The number of furan rings is 1. The molecule has 2 aromatic rings. The minimum absolute atomic E-state index is 0.310. The summed E-state index contributed by atoms with van der Waals surface area (Å²) >= 11 is 0. The second-order valence-electron chi connectivity index (χ2n) is 7.28. The highest BCUT2D eigenvalue weighted by Crippen LogP contribution is 2.26. The standard InChI is InChI=1S/C22H32N4O2/c1-16-13-19(17(2)28-16)14-24-22(23-3)25-15-21(26-11-5-6-12-26)18-7-9-20(27-4)10-8-18/h7-10,13,21H,5-6,11-12,14-15H2,1-4H3,(H2,23,24,25). The minimum Gasteiger partial charge on any atom is -0.497 e. The molecule has 0 bridgehead atoms. The molecule has 2 heterocycles. The topological polar surface area (TPSA) is 62.0 Å². The summed E-state index contributed by atoms with van der Waals surface area (Å²) in [6, 6.07) is 10.8. The van der Waals surface area contributed by atoms with Crippen molar-refractivity contribution in [1.29, 1.82) is 0 Å². The maximum Gasteiger partial charge on any atom is 0.191 e. The van der Waals surface area contributed by atoms with E-state index in [9.17, 15) is 0 Å². The maximum atomic E-state index is 5.61. The van der Waals surface area contributed by atoms with Gasteiger partial charge in [0.25, 0.3) is 0 Å². The fourth-order valence-electron chi connectivity index (χ4n) is 3.79. The molecule has 1 aromatic carbocycles. The average Bonchev–Trinajstić information content (AvgIpc) is 3.34. The molecule has 0 radical (unpaired) electrons. The van der Waals surface area contributed by atoms with E-state index < -0.39 is 0 Å². The number of likely N-dealkylation sites (tertiary alicyclic amines) is 1. The van der Waals surface area contributed by atoms with E-state index in [1.165, 1.54) is 18.4 Å². The van der Waals surface area contributed by atoms with Crippen LogP contribution in [0.25, 0.3) is 0 Å². The molecule has 0 amide bonds. The van der Waals surface area contributed by atoms with Crippen LogP contribution in [0.5, 0.6) is 5.75 Å². The number of hydrogen-bond donors (Lipinski definition) is 2. The molecule has 28 heavy (non-hydrogen) atoms. The van der Waals surface area contributed by atoms with Crippen molar-refractivity contribution in [2.75, 3.05) is 33.8 Å². The maximum absolute atomic E-state index is 5.61. The molecule has 6 heteroatoms. The number of benzene rings is 1. The fourth-order valence-corrected chi connectivity index (χ4v) is 3.79. The molecule has 0 spiro atoms. The van der Waals surface area contributed by atoms with Gasteiger partial charge < -0.3 is 19.8 Å². The highest BCUT2D eigenvalue weighted by Gasteiger charge is 2.23. The van der Waals surface area contributed by atoms with Gasteiger partial charge in [-0.05, 0) is 63.5 Å². The number of nitrogens with one attached hydrogen (secondary N) is 2. The van der Waals surface area contributed by atoms with Gasteiger partial charge in [0.15, 0.2) is 5.96 Å². The quantitative estimate of drug-likeness (QED) is 0.566. The van der Waals surface area contributed by atoms with Crippen LogP contribution in [0.4, 0.5) is 0 Å². The summed E-state index contributed by atoms with van der Waals surface area (Å²) in [6.45, 7) is 7.73. The third kappa shape index (κ3) is 5.07. The van der Waals surface area contributed by atoms with Gasteiger partial charge in [-0.15, -0.1) is 0 Å². The minimum atomic E-state index is 0.310. The van der Waals surface area contributed by atoms with Crippen molar-refractivity contribution in [1.82, 2.24) is 15.5 Å². The van der Waals surface area contributed by atoms with E-state index in [4.69, 9.17) is 9.15 Å². The van der Waals surface area contributed by atoms with E-state index >= 15 is 0 Å². The van der Waals surface area contributed by atoms with E-state index in [2.05, 4.69) is 38.7 Å². The zero-order valence-electron chi connectivity index (χ0n) is 17.4. The van der Waals surface area contributed by atoms with Crippen molar-refractivity contribution in [3.8, 4) is 5.75 Å². The van der Waals surface area contributed by atoms with Gasteiger partial charge in [-0.3, -0.25) is 9.89 Å². The Kier molecular flexibility index (Phi) is 6.98. The zero-order valence-corrected chi connectivity index (χ0v) is 17.4. The van der Waals surface area contributed by atoms with Crippen LogP contribution < -0.4 is 15.4 Å². The Morgan fingerprint density at radius 2 is 1.89 bits per heavy atom. The number of nitrogens with zero attached hydrogens (tertiary/aromatic N) is 2. The van der Waals surface area contributed by atoms with Crippen molar-refractivity contribution < 1.29 is 9.15 Å². The van der Waals surface area contributed by atoms with Gasteiger partial charge in [0.2, 0.25) is 0 Å². The first-order chi connectivity index (χ1) is 13.6. The lowest BCUT2D eigenvalue weighted by molar-refractivity contribution is 0.245. The van der Waals surface area contributed by atoms with Gasteiger partial charge in [0.05, 0.1) is 13.2 Å². The van der Waals surface area contributed by atoms with E-state index in [-0.39, 0.29) is 0 Å². The first kappa shape index (κ1) is 20.3. The molecular weight excluding hydrogens is 352 g/mol. The van der Waals surface area contributed by atoms with Crippen LogP contribution in [0.2, 0.25) is 0 Å². The fraction of sp³-hybridized carbons (Fsp3) is 0.500. The summed E-state index contributed by atoms with van der Waals surface area (Å²) in [6.07, 6.45) is 2.53. The molecule has 1 aliphatic rings. The van der Waals surface area contributed by atoms with Crippen molar-refractivity contribution in [2.24, 2.45) is 4.99 Å². The molecule has 1 atom stereocenters. The molecule has 152 valence electrons. The number of guanidine groups is 1. The van der Waals surface area contributed by atoms with Crippen LogP contribution in [-0.4, -0.2) is 44.7 Å². The summed E-state index contributed by atoms with van der Waals surface area (Å²) in [4.78, 5) is 6.93. The van der Waals surface area contributed by atoms with Gasteiger partial charge in [-0.1, -0.05) is 12.1 Å². The summed E-state index contributed by atoms with van der Waals surface area (Å²) in [5.41, 5.74) is 2.46. The monoisotopic (exact) mass is 384 g/mol. The van der Waals surface area contributed by atoms with E-state index in [0.717, 1.165) is 48.4 Å². The Morgan fingerprint density at radius 1 is 1.18 bits per heavy atom. The Balaban J connectivity index is 1.63. The molecule has 0 saturated carbocycles. The number of aryl methyl sites for hydroxylation is 2. The Labute approximate surface area is 168 Å². The van der Waals surface area contributed by atoms with E-state index in [1.54, 1.807) is 14.2 Å². The average molecular weight is 385 g/mol. The summed E-state index contributed by atoms with van der Waals surface area (Å²) in [7, 11) is 3.51. The third-order valence-electron chi connectivity index (χ3n) is 5.36. The number of methoxy groups -OCH3 is 1. The summed E-state index contributed by atoms with van der Waals surface area (Å²) in [5, 5.41) is 6.90. The Morgan fingerprint density at radius 3 is 2.46 bits per heavy atom. The molecule has 6 nitrogen and oxygen atoms in total. The van der Waals surface area contributed by atoms with E-state index in [1.807, 2.05) is 26.0 Å². The lowest BCUT2D eigenvalue weighted by Gasteiger charge is -2.29. The third-order valence-corrected chi connectivity index (χ3v) is 5.36. The molecule has 1 saturated heterocycles. The predicted octanol–water partition coefficient (Wildman–Crippen LogP) is 3.41. The smallest absolute Gasteiger partial charge is 0.191 e. The van der Waals surface area contributed by atoms with Crippen LogP contribution in [-0.2, 0) is 6.54 Å². The van der Waals surface area contributed by atoms with E-state index in [0.29, 0.717) is 12.6 Å². The number of aliphatic imine (C=N–C) groups is 1. The molecule has 3 rings (SSSR count). The molecule has 1 aliphatic heterocycles. The second kappa shape index (κ2) is 9.64. The summed E-state index contributed by atoms with van der Waals surface area (Å²) in [5.74, 6) is 3.58. The molecular formula is C22H32N4O2. The van der Waals surface area contributed by atoms with Crippen molar-refractivity contribution in [2.45, 2.75) is 39.3 Å². The zero-order chi connectivity index (χ0) is 19.9. The SMILES string of the molecule is CN=C(NCc1cc(C)oc1C)NCC(c1ccc(OC)cc1)N1CCCC1. The van der Waals surface area contributed by atoms with Gasteiger partial charge in [-0.2, -0.15) is 0 Å². The first-order valence-corrected chi connectivity index (χ1v) is 9.99. The summed E-state index contributed by atoms with van der Waals surface area (Å²) < 4.78 is 10.9. The largest absolute Gasteiger partial charge is 0.497 e. The number of hydrogen-bond acceptors (Lipinski definition) is 4. The predicted molar refractivity (Wildman–Crippen MR) is 113 cm³/mol. The number of rotatable bonds is 7. The van der Waals surface area contributed by atoms with Gasteiger partial charge in [-0.25, -0.2) is 0 Å². The van der Waals surface area contributed by atoms with Crippen LogP contribution in [0, 0.1) is 13.8 Å². The Hall–Kier alpha value is -2.47. The van der Waals surface area contributed by atoms with Gasteiger partial charge >= 0.3 is 0 Å². The van der Waals surface area contributed by atoms with Crippen LogP contribution >= 0.6 is 0 Å². The van der Waals surface area contributed by atoms with Crippen molar-refractivity contribution in [3.05, 3.63) is 53.0 Å². The highest BCUT2D eigenvalue weighted by atomic mass is 16.5. The normalized spacial score (nSPS) is 16.2. The molecule has 1 fully saturated rings. The van der Waals surface area contributed by atoms with Crippen molar-refractivity contribution in [3.63, 3.8) is 0 Å². The molecule has 2 N–H and O–H groups in total. The van der Waals surface area contributed by atoms with Crippen LogP contribution in [0.3, 0.4) is 0 Å². The van der Waals surface area contributed by atoms with Crippen LogP contribution in [0.15, 0.2) is 39.7 Å². The first-order valence-electron chi connectivity index (χ1n) is 9.99. The lowest BCUT2D eigenvalue weighted by atomic mass is 10.1. The molecule has 1 aromatic heterocycles. The molecule has 0 aliphatic carbocycles. The van der Waals surface area contributed by atoms with Crippen molar-refractivity contribution >= 4 is 5.96 Å². The highest BCUT2D eigenvalue weighted by molar-refractivity contribution is 5.79. The van der Waals surface area contributed by atoms with Gasteiger partial charge in [0.1, 0.15) is 17.3 Å². The lowest BCUT2D eigenvalue weighted by Crippen LogP contribution is -2.42. The second-order valence-corrected chi connectivity index (χ2v) is 7.28. The van der Waals surface area contributed by atoms with Crippen LogP contribution in [0.1, 0.15) is 41.5 Å². The Bertz CT molecular complexity index is 776. The molecule has 1 unspecified atom stereocenters.